The number of hydrogen-bond acceptors (Lipinski definition) is 4. The van der Waals surface area contributed by atoms with Gasteiger partial charge in [0.05, 0.1) is 17.3 Å². The predicted molar refractivity (Wildman–Crippen MR) is 130 cm³/mol. The number of nitrogens with one attached hydrogen (secondary N) is 1. The van der Waals surface area contributed by atoms with E-state index in [0.717, 1.165) is 11.4 Å². The maximum atomic E-state index is 11.7. The van der Waals surface area contributed by atoms with Gasteiger partial charge in [-0.2, -0.15) is 0 Å². The molecule has 0 aliphatic carbocycles. The number of anilines is 1. The first-order chi connectivity index (χ1) is 16.0. The second-order valence-corrected chi connectivity index (χ2v) is 8.35. The molecule has 5 rings (SSSR count). The van der Waals surface area contributed by atoms with Gasteiger partial charge < -0.3 is 19.7 Å². The number of pyridine rings is 1. The maximum Gasteiger partial charge on any atom is 0.336 e. The molecular weight excluding hydrogens is 458 g/mol. The molecule has 0 amide bonds. The summed E-state index contributed by atoms with van der Waals surface area (Å²) in [5.74, 6) is 0.0844. The van der Waals surface area contributed by atoms with E-state index in [-0.39, 0.29) is 17.6 Å². The third kappa shape index (κ3) is 3.97. The summed E-state index contributed by atoms with van der Waals surface area (Å²) in [7, 11) is 0. The zero-order valence-corrected chi connectivity index (χ0v) is 18.8. The van der Waals surface area contributed by atoms with Crippen molar-refractivity contribution in [1.29, 1.82) is 0 Å². The number of thiocarbonyl (C=S) groups is 1. The Bertz CT molecular complexity index is 1320. The minimum atomic E-state index is -1.01. The van der Waals surface area contributed by atoms with Crippen molar-refractivity contribution in [3.05, 3.63) is 107 Å². The first-order valence-electron chi connectivity index (χ1n) is 10.2. The number of aromatic nitrogens is 1. The highest BCUT2D eigenvalue weighted by Crippen LogP contribution is 2.43. The molecule has 33 heavy (non-hydrogen) atoms. The van der Waals surface area contributed by atoms with Crippen molar-refractivity contribution in [3.63, 3.8) is 0 Å². The topological polar surface area (TPSA) is 78.6 Å². The van der Waals surface area contributed by atoms with Crippen molar-refractivity contribution >= 4 is 40.6 Å². The van der Waals surface area contributed by atoms with Crippen LogP contribution in [0.1, 0.15) is 33.9 Å². The summed E-state index contributed by atoms with van der Waals surface area (Å²) >= 11 is 11.8. The number of carboxylic acid groups (broad SMARTS) is 1. The summed E-state index contributed by atoms with van der Waals surface area (Å²) in [6.07, 6.45) is 1.73. The molecule has 1 saturated heterocycles. The predicted octanol–water partition coefficient (Wildman–Crippen LogP) is 5.87. The minimum Gasteiger partial charge on any atom is -0.478 e. The van der Waals surface area contributed by atoms with E-state index in [1.165, 1.54) is 0 Å². The molecule has 1 aliphatic rings. The van der Waals surface area contributed by atoms with Gasteiger partial charge in [0.25, 0.3) is 0 Å². The van der Waals surface area contributed by atoms with E-state index < -0.39 is 5.97 Å². The van der Waals surface area contributed by atoms with Crippen LogP contribution < -0.4 is 10.2 Å². The molecule has 164 valence electrons. The third-order valence-electron chi connectivity index (χ3n) is 5.54. The van der Waals surface area contributed by atoms with Crippen molar-refractivity contribution in [2.24, 2.45) is 0 Å². The van der Waals surface area contributed by atoms with Crippen molar-refractivity contribution in [2.75, 3.05) is 4.90 Å². The largest absolute Gasteiger partial charge is 0.478 e. The number of nitrogens with zero attached hydrogens (tertiary/aromatic N) is 2. The van der Waals surface area contributed by atoms with E-state index in [4.69, 9.17) is 28.2 Å². The van der Waals surface area contributed by atoms with Crippen LogP contribution in [0.15, 0.2) is 89.5 Å². The van der Waals surface area contributed by atoms with Gasteiger partial charge in [0.2, 0.25) is 0 Å². The van der Waals surface area contributed by atoms with Gasteiger partial charge in [-0.1, -0.05) is 35.9 Å². The molecular formula is C25H18ClN3O3S. The number of rotatable bonds is 5. The number of benzene rings is 2. The fourth-order valence-electron chi connectivity index (χ4n) is 4.06. The van der Waals surface area contributed by atoms with Gasteiger partial charge in [-0.15, -0.1) is 0 Å². The van der Waals surface area contributed by atoms with Crippen LogP contribution in [0.25, 0.3) is 11.3 Å². The highest BCUT2D eigenvalue weighted by atomic mass is 35.5. The van der Waals surface area contributed by atoms with Gasteiger partial charge in [-0.05, 0) is 66.8 Å². The van der Waals surface area contributed by atoms with E-state index in [9.17, 15) is 9.90 Å². The minimum absolute atomic E-state index is 0.175. The quantitative estimate of drug-likeness (QED) is 0.349. The molecule has 2 atom stereocenters. The van der Waals surface area contributed by atoms with Crippen molar-refractivity contribution in [2.45, 2.75) is 12.1 Å². The number of furan rings is 1. The number of halogens is 1. The average Bonchev–Trinajstić information content (AvgIpc) is 3.45. The lowest BCUT2D eigenvalue weighted by atomic mass is 10.0. The number of aromatic carboxylic acids is 1. The van der Waals surface area contributed by atoms with Crippen molar-refractivity contribution in [3.8, 4) is 11.3 Å². The summed E-state index contributed by atoms with van der Waals surface area (Å²) in [6.45, 7) is 0. The molecule has 8 heteroatoms. The molecule has 2 aromatic carbocycles. The van der Waals surface area contributed by atoms with Crippen LogP contribution in [-0.4, -0.2) is 21.2 Å². The lowest BCUT2D eigenvalue weighted by Crippen LogP contribution is -2.29. The summed E-state index contributed by atoms with van der Waals surface area (Å²) < 4.78 is 6.26. The molecule has 2 aromatic heterocycles. The Hall–Kier alpha value is -3.68. The molecule has 6 nitrogen and oxygen atoms in total. The van der Waals surface area contributed by atoms with E-state index in [1.807, 2.05) is 41.3 Å². The molecule has 1 aliphatic heterocycles. The van der Waals surface area contributed by atoms with Crippen LogP contribution in [0.3, 0.4) is 0 Å². The molecule has 0 spiro atoms. The lowest BCUT2D eigenvalue weighted by Gasteiger charge is -2.26. The van der Waals surface area contributed by atoms with Gasteiger partial charge in [-0.3, -0.25) is 4.98 Å². The number of hydrogen-bond donors (Lipinski definition) is 2. The van der Waals surface area contributed by atoms with E-state index in [2.05, 4.69) is 10.3 Å². The van der Waals surface area contributed by atoms with Crippen molar-refractivity contribution in [1.82, 2.24) is 10.3 Å². The first kappa shape index (κ1) is 21.2. The molecule has 1 fully saturated rings. The Labute approximate surface area is 200 Å². The second-order valence-electron chi connectivity index (χ2n) is 7.53. The normalized spacial score (nSPS) is 17.7. The van der Waals surface area contributed by atoms with Crippen LogP contribution in [0.5, 0.6) is 0 Å². The molecule has 0 unspecified atom stereocenters. The summed E-state index contributed by atoms with van der Waals surface area (Å²) in [6, 6.07) is 22.9. The summed E-state index contributed by atoms with van der Waals surface area (Å²) in [5.41, 5.74) is 2.35. The van der Waals surface area contributed by atoms with Crippen LogP contribution >= 0.6 is 23.8 Å². The number of carboxylic acids is 1. The Balaban J connectivity index is 1.61. The fraction of sp³-hybridized carbons (Fsp3) is 0.0800. The van der Waals surface area contributed by atoms with Crippen LogP contribution in [-0.2, 0) is 0 Å². The van der Waals surface area contributed by atoms with E-state index in [0.29, 0.717) is 27.2 Å². The van der Waals surface area contributed by atoms with Crippen molar-refractivity contribution < 1.29 is 14.3 Å². The smallest absolute Gasteiger partial charge is 0.336 e. The SMILES string of the molecule is O=C(O)c1ccccc1-c1ccc([C@@H]2[C@@H](c3ccccn3)NC(=S)N2c2ccc(Cl)cc2)o1. The van der Waals surface area contributed by atoms with Crippen LogP contribution in [0.4, 0.5) is 5.69 Å². The molecule has 0 bridgehead atoms. The fourth-order valence-corrected chi connectivity index (χ4v) is 4.54. The number of carbonyl (C=O) groups is 1. The molecule has 0 saturated carbocycles. The Morgan fingerprint density at radius 2 is 1.79 bits per heavy atom. The summed E-state index contributed by atoms with van der Waals surface area (Å²) in [4.78, 5) is 18.2. The van der Waals surface area contributed by atoms with Gasteiger partial charge in [-0.25, -0.2) is 4.79 Å². The second kappa shape index (κ2) is 8.69. The Morgan fingerprint density at radius 1 is 1.03 bits per heavy atom. The molecule has 0 radical (unpaired) electrons. The zero-order valence-electron chi connectivity index (χ0n) is 17.2. The highest BCUT2D eigenvalue weighted by molar-refractivity contribution is 7.80. The van der Waals surface area contributed by atoms with E-state index >= 15 is 0 Å². The Kier molecular flexibility index (Phi) is 5.58. The van der Waals surface area contributed by atoms with Crippen LogP contribution in [0, 0.1) is 0 Å². The van der Waals surface area contributed by atoms with Gasteiger partial charge in [0.15, 0.2) is 5.11 Å². The van der Waals surface area contributed by atoms with Gasteiger partial charge in [0, 0.05) is 22.5 Å². The third-order valence-corrected chi connectivity index (χ3v) is 6.11. The monoisotopic (exact) mass is 475 g/mol. The molecule has 2 N–H and O–H groups in total. The molecule has 3 heterocycles. The maximum absolute atomic E-state index is 11.7. The van der Waals surface area contributed by atoms with Crippen LogP contribution in [0.2, 0.25) is 5.02 Å². The van der Waals surface area contributed by atoms with Gasteiger partial charge in [0.1, 0.15) is 17.6 Å². The first-order valence-corrected chi connectivity index (χ1v) is 11.0. The van der Waals surface area contributed by atoms with E-state index in [1.54, 1.807) is 48.7 Å². The standard InChI is InChI=1S/C25H18ClN3O3S/c26-15-8-10-16(11-9-15)29-23(22(28-25(29)33)19-7-3-4-14-27-19)21-13-12-20(32-21)17-5-1-2-6-18(17)24(30)31/h1-14,22-23H,(H,28,33)(H,30,31)/t22-,23-/m1/s1. The zero-order chi connectivity index (χ0) is 22.9. The molecule has 4 aromatic rings. The average molecular weight is 476 g/mol. The lowest BCUT2D eigenvalue weighted by molar-refractivity contribution is 0.0697. The van der Waals surface area contributed by atoms with Gasteiger partial charge >= 0.3 is 5.97 Å². The highest BCUT2D eigenvalue weighted by Gasteiger charge is 2.42. The summed E-state index contributed by atoms with van der Waals surface area (Å²) in [5, 5.41) is 14.1. The Morgan fingerprint density at radius 3 is 2.52 bits per heavy atom.